The number of carboxylic acid groups (broad SMARTS) is 1. The summed E-state index contributed by atoms with van der Waals surface area (Å²) in [5.41, 5.74) is 0. The van der Waals surface area contributed by atoms with E-state index in [0.717, 1.165) is 32.7 Å². The lowest BCUT2D eigenvalue weighted by Gasteiger charge is -2.28. The highest BCUT2D eigenvalue weighted by Gasteiger charge is 2.37. The third kappa shape index (κ3) is 3.61. The Morgan fingerprint density at radius 2 is 2.00 bits per heavy atom. The first-order valence-electron chi connectivity index (χ1n) is 7.30. The van der Waals surface area contributed by atoms with Gasteiger partial charge in [-0.15, -0.1) is 0 Å². The van der Waals surface area contributed by atoms with Crippen LogP contribution in [0.2, 0.25) is 0 Å². The van der Waals surface area contributed by atoms with Crippen LogP contribution in [0.5, 0.6) is 0 Å². The van der Waals surface area contributed by atoms with Crippen molar-refractivity contribution in [3.8, 4) is 0 Å². The second-order valence-electron chi connectivity index (χ2n) is 5.49. The van der Waals surface area contributed by atoms with E-state index in [1.54, 1.807) is 4.90 Å². The lowest BCUT2D eigenvalue weighted by Crippen LogP contribution is -2.48. The van der Waals surface area contributed by atoms with Crippen molar-refractivity contribution in [1.82, 2.24) is 20.4 Å². The fourth-order valence-corrected chi connectivity index (χ4v) is 2.91. The van der Waals surface area contributed by atoms with Crippen molar-refractivity contribution in [3.05, 3.63) is 0 Å². The summed E-state index contributed by atoms with van der Waals surface area (Å²) >= 11 is 0. The number of carboxylic acids is 1. The van der Waals surface area contributed by atoms with Crippen LogP contribution in [0.4, 0.5) is 4.79 Å². The van der Waals surface area contributed by atoms with E-state index in [1.165, 1.54) is 0 Å². The number of hydrogen-bond acceptors (Lipinski definition) is 4. The van der Waals surface area contributed by atoms with E-state index in [0.29, 0.717) is 19.5 Å². The Kier molecular flexibility index (Phi) is 5.19. The van der Waals surface area contributed by atoms with Gasteiger partial charge in [0.25, 0.3) is 0 Å². The lowest BCUT2D eigenvalue weighted by molar-refractivity contribution is -0.142. The van der Waals surface area contributed by atoms with Crippen molar-refractivity contribution in [2.75, 3.05) is 45.8 Å². The molecule has 0 spiro atoms. The number of nitrogens with one attached hydrogen (secondary N) is 2. The molecule has 0 saturated carbocycles. The van der Waals surface area contributed by atoms with Crippen LogP contribution in [0.25, 0.3) is 0 Å². The van der Waals surface area contributed by atoms with E-state index < -0.39 is 11.9 Å². The molecule has 0 bridgehead atoms. The molecular weight excluding hydrogens is 260 g/mol. The first-order valence-corrected chi connectivity index (χ1v) is 7.30. The van der Waals surface area contributed by atoms with Crippen LogP contribution >= 0.6 is 0 Å². The van der Waals surface area contributed by atoms with E-state index in [9.17, 15) is 9.59 Å². The van der Waals surface area contributed by atoms with Crippen LogP contribution in [-0.2, 0) is 4.79 Å². The Hall–Kier alpha value is -1.34. The molecule has 7 heteroatoms. The van der Waals surface area contributed by atoms with Crippen LogP contribution in [0.15, 0.2) is 0 Å². The monoisotopic (exact) mass is 284 g/mol. The van der Waals surface area contributed by atoms with E-state index in [4.69, 9.17) is 5.11 Å². The molecule has 2 fully saturated rings. The molecule has 2 heterocycles. The number of amides is 2. The third-order valence-corrected chi connectivity index (χ3v) is 4.25. The highest BCUT2D eigenvalue weighted by molar-refractivity contribution is 5.78. The predicted molar refractivity (Wildman–Crippen MR) is 74.6 cm³/mol. The average Bonchev–Trinajstić information content (AvgIpc) is 2.82. The van der Waals surface area contributed by atoms with Gasteiger partial charge in [0.05, 0.1) is 5.92 Å². The van der Waals surface area contributed by atoms with E-state index in [1.807, 2.05) is 6.92 Å². The fraction of sp³-hybridized carbons (Fsp3) is 0.846. The van der Waals surface area contributed by atoms with E-state index in [-0.39, 0.29) is 12.1 Å². The minimum Gasteiger partial charge on any atom is -0.481 e. The van der Waals surface area contributed by atoms with Gasteiger partial charge in [-0.2, -0.15) is 0 Å². The Balaban J connectivity index is 1.71. The third-order valence-electron chi connectivity index (χ3n) is 4.25. The summed E-state index contributed by atoms with van der Waals surface area (Å²) in [6.45, 7) is 7.81. The minimum absolute atomic E-state index is 0.142. The Morgan fingerprint density at radius 3 is 2.60 bits per heavy atom. The largest absolute Gasteiger partial charge is 0.481 e. The molecule has 0 aromatic carbocycles. The van der Waals surface area contributed by atoms with Crippen LogP contribution in [0.1, 0.15) is 13.3 Å². The molecule has 2 saturated heterocycles. The maximum atomic E-state index is 12.1. The Morgan fingerprint density at radius 1 is 1.30 bits per heavy atom. The lowest BCUT2D eigenvalue weighted by atomic mass is 10.0. The first kappa shape index (κ1) is 15.1. The SMILES string of the molecule is CC1C(C(=O)O)CCN1C(=O)NCCN1CCNCC1. The summed E-state index contributed by atoms with van der Waals surface area (Å²) in [5, 5.41) is 15.2. The highest BCUT2D eigenvalue weighted by atomic mass is 16.4. The molecule has 3 N–H and O–H groups in total. The van der Waals surface area contributed by atoms with E-state index >= 15 is 0 Å². The quantitative estimate of drug-likeness (QED) is 0.642. The number of rotatable bonds is 4. The molecule has 0 aromatic rings. The molecule has 2 aliphatic heterocycles. The van der Waals surface area contributed by atoms with Gasteiger partial charge in [0.15, 0.2) is 0 Å². The smallest absolute Gasteiger partial charge is 0.317 e. The molecule has 2 aliphatic rings. The number of likely N-dealkylation sites (tertiary alicyclic amines) is 1. The standard InChI is InChI=1S/C13H24N4O3/c1-10-11(12(18)19)2-6-17(10)13(20)15-5-9-16-7-3-14-4-8-16/h10-11,14H,2-9H2,1H3,(H,15,20)(H,18,19). The molecular formula is C13H24N4O3. The number of carbonyl (C=O) groups is 2. The highest BCUT2D eigenvalue weighted by Crippen LogP contribution is 2.24. The average molecular weight is 284 g/mol. The zero-order valence-electron chi connectivity index (χ0n) is 12.0. The number of piperazine rings is 1. The zero-order chi connectivity index (χ0) is 14.5. The fourth-order valence-electron chi connectivity index (χ4n) is 2.91. The number of urea groups is 1. The molecule has 2 unspecified atom stereocenters. The predicted octanol–water partition coefficient (Wildman–Crippen LogP) is -0.604. The van der Waals surface area contributed by atoms with Crippen LogP contribution in [0.3, 0.4) is 0 Å². The normalized spacial score (nSPS) is 27.6. The second-order valence-corrected chi connectivity index (χ2v) is 5.49. The molecule has 114 valence electrons. The number of nitrogens with zero attached hydrogens (tertiary/aromatic N) is 2. The Labute approximate surface area is 119 Å². The van der Waals surface area contributed by atoms with Crippen molar-refractivity contribution < 1.29 is 14.7 Å². The maximum Gasteiger partial charge on any atom is 0.317 e. The van der Waals surface area contributed by atoms with Crippen LogP contribution in [0, 0.1) is 5.92 Å². The molecule has 7 nitrogen and oxygen atoms in total. The van der Waals surface area contributed by atoms with Crippen molar-refractivity contribution in [2.45, 2.75) is 19.4 Å². The maximum absolute atomic E-state index is 12.1. The van der Waals surface area contributed by atoms with Crippen molar-refractivity contribution in [3.63, 3.8) is 0 Å². The summed E-state index contributed by atoms with van der Waals surface area (Å²) in [6.07, 6.45) is 0.543. The van der Waals surface area contributed by atoms with Gasteiger partial charge >= 0.3 is 12.0 Å². The van der Waals surface area contributed by atoms with Gasteiger partial charge in [0.2, 0.25) is 0 Å². The first-order chi connectivity index (χ1) is 9.59. The van der Waals surface area contributed by atoms with Crippen LogP contribution < -0.4 is 10.6 Å². The van der Waals surface area contributed by atoms with Gasteiger partial charge in [0, 0.05) is 51.9 Å². The van der Waals surface area contributed by atoms with Crippen molar-refractivity contribution in [1.29, 1.82) is 0 Å². The Bertz CT molecular complexity index is 358. The number of aliphatic carboxylic acids is 1. The minimum atomic E-state index is -0.811. The van der Waals surface area contributed by atoms with Gasteiger partial charge < -0.3 is 20.6 Å². The van der Waals surface area contributed by atoms with Crippen LogP contribution in [-0.4, -0.2) is 78.8 Å². The van der Waals surface area contributed by atoms with Gasteiger partial charge in [-0.05, 0) is 13.3 Å². The van der Waals surface area contributed by atoms with Crippen molar-refractivity contribution in [2.24, 2.45) is 5.92 Å². The van der Waals surface area contributed by atoms with Crippen molar-refractivity contribution >= 4 is 12.0 Å². The number of hydrogen-bond donors (Lipinski definition) is 3. The molecule has 0 aliphatic carbocycles. The molecule has 0 aromatic heterocycles. The van der Waals surface area contributed by atoms with Gasteiger partial charge in [0.1, 0.15) is 0 Å². The molecule has 20 heavy (non-hydrogen) atoms. The molecule has 0 radical (unpaired) electrons. The zero-order valence-corrected chi connectivity index (χ0v) is 12.0. The van der Waals surface area contributed by atoms with Gasteiger partial charge in [-0.25, -0.2) is 4.79 Å². The summed E-state index contributed by atoms with van der Waals surface area (Å²) in [6, 6.07) is -0.372. The molecule has 2 rings (SSSR count). The second kappa shape index (κ2) is 6.90. The number of carbonyl (C=O) groups excluding carboxylic acids is 1. The summed E-state index contributed by atoms with van der Waals surface area (Å²) in [4.78, 5) is 27.0. The molecule has 2 atom stereocenters. The topological polar surface area (TPSA) is 84.9 Å². The van der Waals surface area contributed by atoms with Gasteiger partial charge in [-0.1, -0.05) is 0 Å². The van der Waals surface area contributed by atoms with E-state index in [2.05, 4.69) is 15.5 Å². The summed E-state index contributed by atoms with van der Waals surface area (Å²) in [5.74, 6) is -1.25. The summed E-state index contributed by atoms with van der Waals surface area (Å²) in [7, 11) is 0. The molecule has 2 amide bonds. The summed E-state index contributed by atoms with van der Waals surface area (Å²) < 4.78 is 0. The van der Waals surface area contributed by atoms with Gasteiger partial charge in [-0.3, -0.25) is 9.69 Å².